The van der Waals surface area contributed by atoms with E-state index < -0.39 is 13.0 Å². The van der Waals surface area contributed by atoms with Crippen LogP contribution in [0.15, 0.2) is 23.3 Å². The molecular weight excluding hydrogens is 302 g/mol. The predicted molar refractivity (Wildman–Crippen MR) is 85.7 cm³/mol. The second-order valence-electron chi connectivity index (χ2n) is 5.70. The van der Waals surface area contributed by atoms with Gasteiger partial charge in [-0.2, -0.15) is 0 Å². The number of hydrogen-bond acceptors (Lipinski definition) is 3. The van der Waals surface area contributed by atoms with Crippen LogP contribution in [0, 0.1) is 0 Å². The lowest BCUT2D eigenvalue weighted by atomic mass is 10.1. The first-order valence-electron chi connectivity index (χ1n) is 8.06. The van der Waals surface area contributed by atoms with E-state index in [1.807, 2.05) is 0 Å². The molecule has 0 saturated heterocycles. The van der Waals surface area contributed by atoms with Gasteiger partial charge in [0.15, 0.2) is 12.6 Å². The Hall–Kier alpha value is -1.92. The number of hydrogen-bond donors (Lipinski definition) is 2. The van der Waals surface area contributed by atoms with Crippen molar-refractivity contribution in [3.8, 4) is 5.88 Å². The third kappa shape index (κ3) is 6.38. The highest BCUT2D eigenvalue weighted by molar-refractivity contribution is 5.78. The lowest BCUT2D eigenvalue weighted by Gasteiger charge is -2.16. The standard InChI is InChI=1S/C16H24F2N4O/c17-14(18)11-23-15-12(6-5-9-20-15)10-21-16(19)22-13-7-3-1-2-4-8-13/h5-6,9,13-14H,1-4,7-8,10-11H2,(H3,19,21,22). The van der Waals surface area contributed by atoms with Crippen molar-refractivity contribution in [2.45, 2.75) is 57.5 Å². The maximum absolute atomic E-state index is 12.2. The van der Waals surface area contributed by atoms with Crippen molar-refractivity contribution in [2.75, 3.05) is 6.61 Å². The van der Waals surface area contributed by atoms with Crippen LogP contribution in [-0.2, 0) is 6.54 Å². The molecule has 1 fully saturated rings. The molecule has 1 aromatic heterocycles. The summed E-state index contributed by atoms with van der Waals surface area (Å²) in [6, 6.07) is 3.83. The predicted octanol–water partition coefficient (Wildman–Crippen LogP) is 2.85. The fourth-order valence-corrected chi connectivity index (χ4v) is 2.67. The van der Waals surface area contributed by atoms with Crippen molar-refractivity contribution < 1.29 is 13.5 Å². The Bertz CT molecular complexity index is 503. The van der Waals surface area contributed by atoms with E-state index in [1.54, 1.807) is 12.1 Å². The SMILES string of the molecule is NC(=NCc1cccnc1OCC(F)F)NC1CCCCCC1. The molecule has 0 aliphatic heterocycles. The number of halogens is 2. The molecule has 0 bridgehead atoms. The van der Waals surface area contributed by atoms with Gasteiger partial charge in [-0.3, -0.25) is 0 Å². The summed E-state index contributed by atoms with van der Waals surface area (Å²) in [6.07, 6.45) is 6.14. The van der Waals surface area contributed by atoms with Gasteiger partial charge >= 0.3 is 0 Å². The maximum atomic E-state index is 12.2. The molecule has 23 heavy (non-hydrogen) atoms. The van der Waals surface area contributed by atoms with Gasteiger partial charge < -0.3 is 15.8 Å². The molecule has 1 aromatic rings. The van der Waals surface area contributed by atoms with Crippen LogP contribution in [-0.4, -0.2) is 30.0 Å². The highest BCUT2D eigenvalue weighted by atomic mass is 19.3. The summed E-state index contributed by atoms with van der Waals surface area (Å²) < 4.78 is 29.5. The number of nitrogens with two attached hydrogens (primary N) is 1. The third-order valence-corrected chi connectivity index (χ3v) is 3.82. The van der Waals surface area contributed by atoms with E-state index in [9.17, 15) is 8.78 Å². The Morgan fingerprint density at radius 1 is 1.35 bits per heavy atom. The van der Waals surface area contributed by atoms with Crippen molar-refractivity contribution in [2.24, 2.45) is 10.7 Å². The van der Waals surface area contributed by atoms with Gasteiger partial charge in [-0.15, -0.1) is 0 Å². The highest BCUT2D eigenvalue weighted by Crippen LogP contribution is 2.18. The highest BCUT2D eigenvalue weighted by Gasteiger charge is 2.13. The number of ether oxygens (including phenoxy) is 1. The topological polar surface area (TPSA) is 72.5 Å². The van der Waals surface area contributed by atoms with Gasteiger partial charge in [-0.05, 0) is 18.9 Å². The summed E-state index contributed by atoms with van der Waals surface area (Å²) in [4.78, 5) is 8.25. The molecule has 1 saturated carbocycles. The molecule has 0 aromatic carbocycles. The number of aromatic nitrogens is 1. The fraction of sp³-hybridized carbons (Fsp3) is 0.625. The first-order chi connectivity index (χ1) is 11.1. The van der Waals surface area contributed by atoms with Crippen LogP contribution >= 0.6 is 0 Å². The average Bonchev–Trinajstić information content (AvgIpc) is 2.80. The van der Waals surface area contributed by atoms with Crippen LogP contribution < -0.4 is 15.8 Å². The summed E-state index contributed by atoms with van der Waals surface area (Å²) in [7, 11) is 0. The van der Waals surface area contributed by atoms with Gasteiger partial charge in [0.1, 0.15) is 0 Å². The van der Waals surface area contributed by atoms with E-state index >= 15 is 0 Å². The molecule has 3 N–H and O–H groups in total. The average molecular weight is 326 g/mol. The zero-order chi connectivity index (χ0) is 16.5. The Morgan fingerprint density at radius 3 is 2.78 bits per heavy atom. The molecule has 1 aliphatic carbocycles. The number of nitrogens with one attached hydrogen (secondary N) is 1. The van der Waals surface area contributed by atoms with E-state index in [0.717, 1.165) is 12.8 Å². The number of alkyl halides is 2. The van der Waals surface area contributed by atoms with Crippen LogP contribution in [0.4, 0.5) is 8.78 Å². The van der Waals surface area contributed by atoms with Crippen LogP contribution in [0.1, 0.15) is 44.1 Å². The lowest BCUT2D eigenvalue weighted by molar-refractivity contribution is 0.0791. The van der Waals surface area contributed by atoms with Crippen LogP contribution in [0.25, 0.3) is 0 Å². The molecule has 5 nitrogen and oxygen atoms in total. The van der Waals surface area contributed by atoms with Gasteiger partial charge in [0, 0.05) is 17.8 Å². The quantitative estimate of drug-likeness (QED) is 0.479. The van der Waals surface area contributed by atoms with Crippen molar-refractivity contribution in [1.82, 2.24) is 10.3 Å². The number of guanidine groups is 1. The van der Waals surface area contributed by atoms with Gasteiger partial charge in [0.25, 0.3) is 6.43 Å². The summed E-state index contributed by atoms with van der Waals surface area (Å²) in [5, 5.41) is 3.25. The Labute approximate surface area is 135 Å². The first-order valence-corrected chi connectivity index (χ1v) is 8.06. The van der Waals surface area contributed by atoms with E-state index in [1.165, 1.54) is 31.9 Å². The van der Waals surface area contributed by atoms with Crippen molar-refractivity contribution >= 4 is 5.96 Å². The summed E-state index contributed by atoms with van der Waals surface area (Å²) >= 11 is 0. The van der Waals surface area contributed by atoms with Crippen LogP contribution in [0.3, 0.4) is 0 Å². The van der Waals surface area contributed by atoms with E-state index in [4.69, 9.17) is 10.5 Å². The summed E-state index contributed by atoms with van der Waals surface area (Å²) in [5.74, 6) is 0.555. The molecule has 1 heterocycles. The Morgan fingerprint density at radius 2 is 2.09 bits per heavy atom. The molecule has 2 rings (SSSR count). The smallest absolute Gasteiger partial charge is 0.272 e. The second kappa shape index (κ2) is 9.27. The van der Waals surface area contributed by atoms with Gasteiger partial charge in [-0.25, -0.2) is 18.8 Å². The molecule has 0 atom stereocenters. The van der Waals surface area contributed by atoms with Crippen LogP contribution in [0.2, 0.25) is 0 Å². The minimum atomic E-state index is -2.53. The van der Waals surface area contributed by atoms with Crippen molar-refractivity contribution in [3.63, 3.8) is 0 Å². The Kier molecular flexibility index (Phi) is 7.03. The zero-order valence-electron chi connectivity index (χ0n) is 13.2. The molecule has 0 amide bonds. The van der Waals surface area contributed by atoms with Gasteiger partial charge in [-0.1, -0.05) is 31.7 Å². The van der Waals surface area contributed by atoms with Crippen molar-refractivity contribution in [1.29, 1.82) is 0 Å². The number of pyridine rings is 1. The second-order valence-corrected chi connectivity index (χ2v) is 5.70. The molecule has 0 radical (unpaired) electrons. The Balaban J connectivity index is 1.90. The monoisotopic (exact) mass is 326 g/mol. The third-order valence-electron chi connectivity index (χ3n) is 3.82. The van der Waals surface area contributed by atoms with Crippen molar-refractivity contribution in [3.05, 3.63) is 23.9 Å². The van der Waals surface area contributed by atoms with Crippen LogP contribution in [0.5, 0.6) is 5.88 Å². The van der Waals surface area contributed by atoms with E-state index in [-0.39, 0.29) is 12.4 Å². The summed E-state index contributed by atoms with van der Waals surface area (Å²) in [6.45, 7) is -0.429. The largest absolute Gasteiger partial charge is 0.471 e. The number of nitrogens with zero attached hydrogens (tertiary/aromatic N) is 2. The first kappa shape index (κ1) is 17.4. The molecule has 0 unspecified atom stereocenters. The molecule has 1 aliphatic rings. The lowest BCUT2D eigenvalue weighted by Crippen LogP contribution is -2.39. The summed E-state index contributed by atoms with van der Waals surface area (Å²) in [5.41, 5.74) is 6.57. The molecular formula is C16H24F2N4O. The molecule has 128 valence electrons. The van der Waals surface area contributed by atoms with Gasteiger partial charge in [0.2, 0.25) is 5.88 Å². The molecule has 0 spiro atoms. The fourth-order valence-electron chi connectivity index (χ4n) is 2.67. The molecule has 7 heteroatoms. The van der Waals surface area contributed by atoms with Gasteiger partial charge in [0.05, 0.1) is 6.54 Å². The number of rotatable bonds is 6. The maximum Gasteiger partial charge on any atom is 0.272 e. The zero-order valence-corrected chi connectivity index (χ0v) is 13.2. The minimum Gasteiger partial charge on any atom is -0.471 e. The van der Waals surface area contributed by atoms with E-state index in [0.29, 0.717) is 17.6 Å². The van der Waals surface area contributed by atoms with E-state index in [2.05, 4.69) is 15.3 Å². The number of aliphatic imine (C=N–C) groups is 1. The minimum absolute atomic E-state index is 0.179. The normalized spacial score (nSPS) is 17.1.